The lowest BCUT2D eigenvalue weighted by molar-refractivity contribution is 0.0698. The number of aromatic carboxylic acids is 1. The summed E-state index contributed by atoms with van der Waals surface area (Å²) >= 11 is 12.7. The molecule has 5 nitrogen and oxygen atoms in total. The highest BCUT2D eigenvalue weighted by Crippen LogP contribution is 2.38. The van der Waals surface area contributed by atoms with Gasteiger partial charge < -0.3 is 10.4 Å². The van der Waals surface area contributed by atoms with Crippen molar-refractivity contribution in [2.45, 2.75) is 6.92 Å². The molecule has 3 rings (SSSR count). The normalized spacial score (nSPS) is 10.6. The van der Waals surface area contributed by atoms with Crippen LogP contribution in [0.4, 0.5) is 11.4 Å². The smallest absolute Gasteiger partial charge is 0.337 e. The Morgan fingerprint density at radius 3 is 2.46 bits per heavy atom. The van der Waals surface area contributed by atoms with Crippen LogP contribution in [0.5, 0.6) is 0 Å². The van der Waals surface area contributed by atoms with Gasteiger partial charge in [-0.2, -0.15) is 5.10 Å². The van der Waals surface area contributed by atoms with E-state index in [0.29, 0.717) is 21.4 Å². The summed E-state index contributed by atoms with van der Waals surface area (Å²) < 4.78 is 0. The molecule has 0 aliphatic carbocycles. The number of nitrogens with zero attached hydrogens (tertiary/aromatic N) is 1. The summed E-state index contributed by atoms with van der Waals surface area (Å²) in [4.78, 5) is 11.3. The predicted octanol–water partition coefficient (Wildman–Crippen LogP) is 5.13. The number of halogens is 2. The molecule has 0 bridgehead atoms. The first-order valence-electron chi connectivity index (χ1n) is 7.06. The van der Waals surface area contributed by atoms with Crippen LogP contribution < -0.4 is 5.32 Å². The molecule has 1 heterocycles. The van der Waals surface area contributed by atoms with Gasteiger partial charge in [-0.3, -0.25) is 5.10 Å². The number of anilines is 2. The number of nitrogens with one attached hydrogen (secondary N) is 2. The first kappa shape index (κ1) is 16.4. The number of hydrogen-bond acceptors (Lipinski definition) is 3. The van der Waals surface area contributed by atoms with Crippen LogP contribution in [0.15, 0.2) is 42.6 Å². The Labute approximate surface area is 148 Å². The van der Waals surface area contributed by atoms with E-state index in [4.69, 9.17) is 23.2 Å². The fourth-order valence-electron chi connectivity index (χ4n) is 2.40. The molecule has 122 valence electrons. The average molecular weight is 362 g/mol. The summed E-state index contributed by atoms with van der Waals surface area (Å²) in [5, 5.41) is 19.9. The van der Waals surface area contributed by atoms with E-state index in [1.807, 2.05) is 6.92 Å². The Balaban J connectivity index is 2.02. The molecule has 1 aromatic heterocycles. The largest absolute Gasteiger partial charge is 0.478 e. The minimum absolute atomic E-state index is 0.138. The molecule has 0 amide bonds. The first-order valence-corrected chi connectivity index (χ1v) is 7.81. The van der Waals surface area contributed by atoms with Crippen molar-refractivity contribution in [1.82, 2.24) is 10.2 Å². The summed E-state index contributed by atoms with van der Waals surface area (Å²) in [6.45, 7) is 1.90. The molecule has 2 aromatic carbocycles. The van der Waals surface area contributed by atoms with E-state index in [1.165, 1.54) is 6.07 Å². The molecule has 3 aromatic rings. The van der Waals surface area contributed by atoms with Crippen molar-refractivity contribution < 1.29 is 9.90 Å². The van der Waals surface area contributed by atoms with Gasteiger partial charge in [0.05, 0.1) is 33.2 Å². The number of benzene rings is 2. The van der Waals surface area contributed by atoms with Gasteiger partial charge in [0, 0.05) is 11.3 Å². The molecule has 0 atom stereocenters. The Morgan fingerprint density at radius 1 is 1.21 bits per heavy atom. The second-order valence-electron chi connectivity index (χ2n) is 5.20. The second kappa shape index (κ2) is 6.55. The quantitative estimate of drug-likeness (QED) is 0.601. The van der Waals surface area contributed by atoms with Crippen LogP contribution in [0, 0.1) is 6.92 Å². The third-order valence-electron chi connectivity index (χ3n) is 3.60. The van der Waals surface area contributed by atoms with Crippen LogP contribution in [0.25, 0.3) is 11.1 Å². The fraction of sp³-hybridized carbons (Fsp3) is 0.0588. The number of H-pyrrole nitrogens is 1. The van der Waals surface area contributed by atoms with E-state index in [2.05, 4.69) is 15.5 Å². The highest BCUT2D eigenvalue weighted by molar-refractivity contribution is 6.39. The van der Waals surface area contributed by atoms with Crippen LogP contribution in [0.3, 0.4) is 0 Å². The molecule has 24 heavy (non-hydrogen) atoms. The Hall–Kier alpha value is -2.50. The maximum absolute atomic E-state index is 11.3. The predicted molar refractivity (Wildman–Crippen MR) is 95.5 cm³/mol. The van der Waals surface area contributed by atoms with Gasteiger partial charge in [0.25, 0.3) is 0 Å². The van der Waals surface area contributed by atoms with Crippen molar-refractivity contribution in [3.63, 3.8) is 0 Å². The van der Waals surface area contributed by atoms with Gasteiger partial charge in [-0.25, -0.2) is 4.79 Å². The van der Waals surface area contributed by atoms with Gasteiger partial charge in [0.1, 0.15) is 0 Å². The third kappa shape index (κ3) is 3.09. The highest BCUT2D eigenvalue weighted by atomic mass is 35.5. The molecular formula is C17H13Cl2N3O2. The molecular weight excluding hydrogens is 349 g/mol. The second-order valence-corrected chi connectivity index (χ2v) is 6.01. The van der Waals surface area contributed by atoms with E-state index in [-0.39, 0.29) is 5.56 Å². The maximum atomic E-state index is 11.3. The standard InChI is InChI=1S/C17H13Cl2N3O2/c1-9-12(8-20-22-9)10-6-13(18)16(14(19)7-10)21-15-5-3-2-4-11(15)17(23)24/h2-8,21H,1H3,(H,20,22)(H,23,24). The number of aromatic amines is 1. The summed E-state index contributed by atoms with van der Waals surface area (Å²) in [6, 6.07) is 10.1. The molecule has 7 heteroatoms. The zero-order valence-corrected chi connectivity index (χ0v) is 14.1. The minimum atomic E-state index is -1.03. The van der Waals surface area contributed by atoms with Crippen LogP contribution in [0.1, 0.15) is 16.1 Å². The zero-order chi connectivity index (χ0) is 17.3. The zero-order valence-electron chi connectivity index (χ0n) is 12.6. The Morgan fingerprint density at radius 2 is 1.88 bits per heavy atom. The van der Waals surface area contributed by atoms with Gasteiger partial charge in [0.15, 0.2) is 0 Å². The summed E-state index contributed by atoms with van der Waals surface area (Å²) in [5.74, 6) is -1.03. The van der Waals surface area contributed by atoms with E-state index < -0.39 is 5.97 Å². The van der Waals surface area contributed by atoms with Crippen LogP contribution in [-0.4, -0.2) is 21.3 Å². The van der Waals surface area contributed by atoms with Crippen molar-refractivity contribution in [3.8, 4) is 11.1 Å². The van der Waals surface area contributed by atoms with E-state index in [9.17, 15) is 9.90 Å². The molecule has 0 aliphatic rings. The summed E-state index contributed by atoms with van der Waals surface area (Å²) in [6.07, 6.45) is 1.70. The maximum Gasteiger partial charge on any atom is 0.337 e. The molecule has 0 aliphatic heterocycles. The topological polar surface area (TPSA) is 78.0 Å². The molecule has 0 saturated heterocycles. The van der Waals surface area contributed by atoms with Crippen LogP contribution >= 0.6 is 23.2 Å². The lowest BCUT2D eigenvalue weighted by atomic mass is 10.1. The number of para-hydroxylation sites is 1. The Kier molecular flexibility index (Phi) is 4.46. The number of aryl methyl sites for hydroxylation is 1. The lowest BCUT2D eigenvalue weighted by Gasteiger charge is -2.14. The van der Waals surface area contributed by atoms with Crippen molar-refractivity contribution in [2.24, 2.45) is 0 Å². The number of carboxylic acid groups (broad SMARTS) is 1. The van der Waals surface area contributed by atoms with Gasteiger partial charge >= 0.3 is 5.97 Å². The summed E-state index contributed by atoms with van der Waals surface area (Å²) in [7, 11) is 0. The highest BCUT2D eigenvalue weighted by Gasteiger charge is 2.15. The number of carboxylic acids is 1. The number of hydrogen-bond donors (Lipinski definition) is 3. The third-order valence-corrected chi connectivity index (χ3v) is 4.20. The fourth-order valence-corrected chi connectivity index (χ4v) is 2.98. The van der Waals surface area contributed by atoms with Gasteiger partial charge in [-0.1, -0.05) is 35.3 Å². The molecule has 0 spiro atoms. The minimum Gasteiger partial charge on any atom is -0.478 e. The number of carbonyl (C=O) groups is 1. The monoisotopic (exact) mass is 361 g/mol. The average Bonchev–Trinajstić information content (AvgIpc) is 2.97. The number of rotatable bonds is 4. The van der Waals surface area contributed by atoms with Crippen molar-refractivity contribution >= 4 is 40.5 Å². The van der Waals surface area contributed by atoms with Gasteiger partial charge in [-0.05, 0) is 36.8 Å². The summed E-state index contributed by atoms with van der Waals surface area (Å²) in [5.41, 5.74) is 3.64. The van der Waals surface area contributed by atoms with Crippen molar-refractivity contribution in [2.75, 3.05) is 5.32 Å². The lowest BCUT2D eigenvalue weighted by Crippen LogP contribution is -2.03. The van der Waals surface area contributed by atoms with E-state index >= 15 is 0 Å². The molecule has 3 N–H and O–H groups in total. The molecule has 0 unspecified atom stereocenters. The molecule has 0 fully saturated rings. The van der Waals surface area contributed by atoms with E-state index in [1.54, 1.807) is 36.5 Å². The van der Waals surface area contributed by atoms with E-state index in [0.717, 1.165) is 16.8 Å². The molecule has 0 saturated carbocycles. The molecule has 0 radical (unpaired) electrons. The number of aromatic nitrogens is 2. The van der Waals surface area contributed by atoms with Crippen molar-refractivity contribution in [1.29, 1.82) is 0 Å². The van der Waals surface area contributed by atoms with Gasteiger partial charge in [0.2, 0.25) is 0 Å². The van der Waals surface area contributed by atoms with Crippen LogP contribution in [0.2, 0.25) is 10.0 Å². The van der Waals surface area contributed by atoms with Gasteiger partial charge in [-0.15, -0.1) is 0 Å². The SMILES string of the molecule is Cc1[nH]ncc1-c1cc(Cl)c(Nc2ccccc2C(=O)O)c(Cl)c1. The van der Waals surface area contributed by atoms with Crippen molar-refractivity contribution in [3.05, 3.63) is 63.9 Å². The Bertz CT molecular complexity index is 899. The van der Waals surface area contributed by atoms with Crippen LogP contribution in [-0.2, 0) is 0 Å². The first-order chi connectivity index (χ1) is 11.5.